The fourth-order valence-corrected chi connectivity index (χ4v) is 2.10. The van der Waals surface area contributed by atoms with Gasteiger partial charge in [-0.3, -0.25) is 14.4 Å². The lowest BCUT2D eigenvalue weighted by molar-refractivity contribution is -0.142. The largest absolute Gasteiger partial charge is 0.469 e. The molecule has 1 aromatic carbocycles. The number of methoxy groups -OCH3 is 1. The van der Waals surface area contributed by atoms with Gasteiger partial charge in [0.25, 0.3) is 0 Å². The van der Waals surface area contributed by atoms with Crippen LogP contribution in [0.3, 0.4) is 0 Å². The first-order chi connectivity index (χ1) is 12.0. The molecule has 0 unspecified atom stereocenters. The third-order valence-electron chi connectivity index (χ3n) is 3.71. The first-order valence-corrected chi connectivity index (χ1v) is 8.16. The van der Waals surface area contributed by atoms with Crippen molar-refractivity contribution in [1.29, 1.82) is 0 Å². The predicted octanol–water partition coefficient (Wildman–Crippen LogP) is 0.818. The average Bonchev–Trinajstić information content (AvgIpc) is 2.63. The SMILES string of the molecule is CN[C@H](COCc1ccccc1)C(=O)N[C@H](C)C(=O)CCC(=O)OC. The normalized spacial score (nSPS) is 12.9. The molecule has 0 aliphatic carbocycles. The van der Waals surface area contributed by atoms with Gasteiger partial charge in [-0.05, 0) is 19.5 Å². The Labute approximate surface area is 148 Å². The summed E-state index contributed by atoms with van der Waals surface area (Å²) in [5.74, 6) is -0.998. The number of benzene rings is 1. The molecule has 0 aliphatic rings. The maximum Gasteiger partial charge on any atom is 0.305 e. The summed E-state index contributed by atoms with van der Waals surface area (Å²) in [4.78, 5) is 35.2. The molecule has 25 heavy (non-hydrogen) atoms. The number of esters is 1. The van der Waals surface area contributed by atoms with E-state index in [0.29, 0.717) is 6.61 Å². The number of ketones is 1. The zero-order chi connectivity index (χ0) is 18.7. The van der Waals surface area contributed by atoms with Crippen LogP contribution in [0, 0.1) is 0 Å². The molecule has 138 valence electrons. The molecule has 7 heteroatoms. The van der Waals surface area contributed by atoms with Crippen molar-refractivity contribution < 1.29 is 23.9 Å². The zero-order valence-corrected chi connectivity index (χ0v) is 14.9. The molecule has 1 rings (SSSR count). The Hall–Kier alpha value is -2.25. The van der Waals surface area contributed by atoms with Crippen LogP contribution in [0.25, 0.3) is 0 Å². The monoisotopic (exact) mass is 350 g/mol. The number of likely N-dealkylation sites (N-methyl/N-ethyl adjacent to an activating group) is 1. The second-order valence-corrected chi connectivity index (χ2v) is 5.61. The topological polar surface area (TPSA) is 93.7 Å². The highest BCUT2D eigenvalue weighted by molar-refractivity contribution is 5.91. The lowest BCUT2D eigenvalue weighted by Crippen LogP contribution is -2.50. The molecule has 0 saturated heterocycles. The van der Waals surface area contributed by atoms with Crippen molar-refractivity contribution in [2.45, 2.75) is 38.5 Å². The molecule has 0 saturated carbocycles. The number of ether oxygens (including phenoxy) is 2. The van der Waals surface area contributed by atoms with Gasteiger partial charge in [-0.25, -0.2) is 0 Å². The summed E-state index contributed by atoms with van der Waals surface area (Å²) in [6.45, 7) is 2.18. The first-order valence-electron chi connectivity index (χ1n) is 8.16. The minimum Gasteiger partial charge on any atom is -0.469 e. The highest BCUT2D eigenvalue weighted by Crippen LogP contribution is 2.02. The van der Waals surface area contributed by atoms with Gasteiger partial charge in [-0.1, -0.05) is 30.3 Å². The zero-order valence-electron chi connectivity index (χ0n) is 14.9. The van der Waals surface area contributed by atoms with Gasteiger partial charge in [-0.2, -0.15) is 0 Å². The van der Waals surface area contributed by atoms with Crippen LogP contribution in [0.1, 0.15) is 25.3 Å². The van der Waals surface area contributed by atoms with E-state index in [-0.39, 0.29) is 31.1 Å². The molecule has 0 fully saturated rings. The Morgan fingerprint density at radius 1 is 1.12 bits per heavy atom. The highest BCUT2D eigenvalue weighted by atomic mass is 16.5. The fraction of sp³-hybridized carbons (Fsp3) is 0.500. The maximum atomic E-state index is 12.2. The van der Waals surface area contributed by atoms with E-state index in [9.17, 15) is 14.4 Å². The Morgan fingerprint density at radius 3 is 2.40 bits per heavy atom. The molecule has 7 nitrogen and oxygen atoms in total. The number of amides is 1. The lowest BCUT2D eigenvalue weighted by atomic mass is 10.1. The van der Waals surface area contributed by atoms with Gasteiger partial charge in [0, 0.05) is 6.42 Å². The molecule has 0 heterocycles. The molecule has 2 atom stereocenters. The van der Waals surface area contributed by atoms with Crippen molar-refractivity contribution in [1.82, 2.24) is 10.6 Å². The van der Waals surface area contributed by atoms with E-state index in [4.69, 9.17) is 4.74 Å². The van der Waals surface area contributed by atoms with Gasteiger partial charge >= 0.3 is 5.97 Å². The van der Waals surface area contributed by atoms with Gasteiger partial charge < -0.3 is 20.1 Å². The smallest absolute Gasteiger partial charge is 0.305 e. The standard InChI is InChI=1S/C18H26N2O5/c1-13(16(21)9-10-17(22)24-3)20-18(23)15(19-2)12-25-11-14-7-5-4-6-8-14/h4-8,13,15,19H,9-12H2,1-3H3,(H,20,23)/t13-,15-/m1/s1. The third kappa shape index (κ3) is 7.91. The van der Waals surface area contributed by atoms with E-state index >= 15 is 0 Å². The van der Waals surface area contributed by atoms with E-state index < -0.39 is 18.1 Å². The van der Waals surface area contributed by atoms with Gasteiger partial charge in [0.05, 0.1) is 32.8 Å². The number of hydrogen-bond acceptors (Lipinski definition) is 6. The Kier molecular flexibility index (Phi) is 9.42. The number of Topliss-reactive ketones (excluding diaryl/α,β-unsaturated/α-hetero) is 1. The van der Waals surface area contributed by atoms with Crippen LogP contribution in [-0.2, 0) is 30.5 Å². The van der Waals surface area contributed by atoms with Gasteiger partial charge in [0.2, 0.25) is 5.91 Å². The second-order valence-electron chi connectivity index (χ2n) is 5.61. The molecule has 2 N–H and O–H groups in total. The van der Waals surface area contributed by atoms with E-state index in [1.54, 1.807) is 14.0 Å². The van der Waals surface area contributed by atoms with Crippen molar-refractivity contribution in [3.05, 3.63) is 35.9 Å². The Morgan fingerprint density at radius 2 is 1.80 bits per heavy atom. The van der Waals surface area contributed by atoms with E-state index in [1.165, 1.54) is 7.11 Å². The lowest BCUT2D eigenvalue weighted by Gasteiger charge is -2.19. The molecule has 0 aromatic heterocycles. The number of carbonyl (C=O) groups excluding carboxylic acids is 3. The average molecular weight is 350 g/mol. The molecular formula is C18H26N2O5. The van der Waals surface area contributed by atoms with Crippen molar-refractivity contribution in [3.63, 3.8) is 0 Å². The van der Waals surface area contributed by atoms with E-state index in [2.05, 4.69) is 15.4 Å². The van der Waals surface area contributed by atoms with Crippen LogP contribution < -0.4 is 10.6 Å². The minimum atomic E-state index is -0.679. The van der Waals surface area contributed by atoms with Gasteiger partial charge in [0.15, 0.2) is 5.78 Å². The summed E-state index contributed by atoms with van der Waals surface area (Å²) in [6, 6.07) is 8.39. The fourth-order valence-electron chi connectivity index (χ4n) is 2.10. The predicted molar refractivity (Wildman–Crippen MR) is 92.8 cm³/mol. The van der Waals surface area contributed by atoms with Crippen LogP contribution in [0.15, 0.2) is 30.3 Å². The van der Waals surface area contributed by atoms with E-state index in [0.717, 1.165) is 5.56 Å². The highest BCUT2D eigenvalue weighted by Gasteiger charge is 2.22. The summed E-state index contributed by atoms with van der Waals surface area (Å²) < 4.78 is 10.1. The van der Waals surface area contributed by atoms with Crippen LogP contribution in [0.5, 0.6) is 0 Å². The summed E-state index contributed by atoms with van der Waals surface area (Å²) in [5, 5.41) is 5.51. The van der Waals surface area contributed by atoms with Crippen molar-refractivity contribution >= 4 is 17.7 Å². The number of carbonyl (C=O) groups is 3. The summed E-state index contributed by atoms with van der Waals surface area (Å²) >= 11 is 0. The molecule has 0 aliphatic heterocycles. The van der Waals surface area contributed by atoms with Crippen molar-refractivity contribution in [3.8, 4) is 0 Å². The minimum absolute atomic E-state index is 0.00515. The summed E-state index contributed by atoms with van der Waals surface area (Å²) in [5.41, 5.74) is 1.02. The van der Waals surface area contributed by atoms with Gasteiger partial charge in [0.1, 0.15) is 6.04 Å². The maximum absolute atomic E-state index is 12.2. The molecule has 0 spiro atoms. The van der Waals surface area contributed by atoms with E-state index in [1.807, 2.05) is 30.3 Å². The van der Waals surface area contributed by atoms with Crippen LogP contribution >= 0.6 is 0 Å². The summed E-state index contributed by atoms with van der Waals surface area (Å²) in [6.07, 6.45) is 0.0357. The second kappa shape index (κ2) is 11.3. The molecule has 1 aromatic rings. The molecule has 1 amide bonds. The third-order valence-corrected chi connectivity index (χ3v) is 3.71. The van der Waals surface area contributed by atoms with Crippen molar-refractivity contribution in [2.75, 3.05) is 20.8 Å². The molecular weight excluding hydrogens is 324 g/mol. The van der Waals surface area contributed by atoms with Gasteiger partial charge in [-0.15, -0.1) is 0 Å². The number of rotatable bonds is 11. The van der Waals surface area contributed by atoms with Crippen LogP contribution in [0.4, 0.5) is 0 Å². The molecule has 0 radical (unpaired) electrons. The molecule has 0 bridgehead atoms. The first kappa shape index (κ1) is 20.8. The van der Waals surface area contributed by atoms with Crippen molar-refractivity contribution in [2.24, 2.45) is 0 Å². The number of hydrogen-bond donors (Lipinski definition) is 2. The Balaban J connectivity index is 2.38. The quantitative estimate of drug-likeness (QED) is 0.574. The number of nitrogens with one attached hydrogen (secondary N) is 2. The van der Waals surface area contributed by atoms with Crippen LogP contribution in [0.2, 0.25) is 0 Å². The summed E-state index contributed by atoms with van der Waals surface area (Å²) in [7, 11) is 2.92. The Bertz CT molecular complexity index is 562. The van der Waals surface area contributed by atoms with Crippen LogP contribution in [-0.4, -0.2) is 50.5 Å².